The van der Waals surface area contributed by atoms with E-state index in [-0.39, 0.29) is 5.91 Å². The Balaban J connectivity index is 1.82. The maximum absolute atomic E-state index is 11.5. The van der Waals surface area contributed by atoms with E-state index in [1.807, 2.05) is 0 Å². The summed E-state index contributed by atoms with van der Waals surface area (Å²) in [5.41, 5.74) is 0. The van der Waals surface area contributed by atoms with Crippen LogP contribution in [0.25, 0.3) is 0 Å². The molecule has 0 aromatic rings. The average Bonchev–Trinajstić information content (AvgIpc) is 2.94. The minimum absolute atomic E-state index is 0.0959. The summed E-state index contributed by atoms with van der Waals surface area (Å²) in [4.78, 5) is 15.6. The lowest BCUT2D eigenvalue weighted by Crippen LogP contribution is -2.42. The Labute approximate surface area is 90.9 Å². The van der Waals surface area contributed by atoms with Gasteiger partial charge in [-0.1, -0.05) is 0 Å². The average molecular weight is 212 g/mol. The van der Waals surface area contributed by atoms with Crippen LogP contribution in [-0.4, -0.2) is 59.1 Å². The summed E-state index contributed by atoms with van der Waals surface area (Å²) in [7, 11) is 2.12. The summed E-state index contributed by atoms with van der Waals surface area (Å²) < 4.78 is 0. The van der Waals surface area contributed by atoms with Gasteiger partial charge in [0.15, 0.2) is 0 Å². The molecule has 1 heterocycles. The molecule has 1 saturated heterocycles. The van der Waals surface area contributed by atoms with Crippen molar-refractivity contribution in [2.45, 2.75) is 44.4 Å². The Morgan fingerprint density at radius 2 is 2.27 bits per heavy atom. The number of carbonyl (C=O) groups is 1. The van der Waals surface area contributed by atoms with Gasteiger partial charge in [0.2, 0.25) is 5.91 Å². The smallest absolute Gasteiger partial charge is 0.225 e. The first-order valence-corrected chi connectivity index (χ1v) is 5.75. The number of aliphatic hydroxyl groups excluding tert-OH is 1. The van der Waals surface area contributed by atoms with Crippen LogP contribution in [0.1, 0.15) is 26.2 Å². The van der Waals surface area contributed by atoms with Crippen molar-refractivity contribution in [2.24, 2.45) is 0 Å². The number of carbonyl (C=O) groups excluding carboxylic acids is 1. The second kappa shape index (κ2) is 4.10. The molecule has 15 heavy (non-hydrogen) atoms. The number of likely N-dealkylation sites (tertiary alicyclic amines) is 1. The fraction of sp³-hybridized carbons (Fsp3) is 0.909. The van der Waals surface area contributed by atoms with Crippen LogP contribution in [0.3, 0.4) is 0 Å². The summed E-state index contributed by atoms with van der Waals surface area (Å²) in [6.45, 7) is 3.42. The zero-order valence-electron chi connectivity index (χ0n) is 9.52. The van der Waals surface area contributed by atoms with Gasteiger partial charge in [0.25, 0.3) is 0 Å². The summed E-state index contributed by atoms with van der Waals surface area (Å²) in [6, 6.07) is 1.12. The van der Waals surface area contributed by atoms with Crippen molar-refractivity contribution in [2.75, 3.05) is 20.1 Å². The number of hydrogen-bond donors (Lipinski definition) is 1. The highest BCUT2D eigenvalue weighted by atomic mass is 16.3. The van der Waals surface area contributed by atoms with Gasteiger partial charge in [0.05, 0.1) is 12.5 Å². The molecule has 0 aromatic heterocycles. The van der Waals surface area contributed by atoms with Crippen molar-refractivity contribution in [3.05, 3.63) is 0 Å². The van der Waals surface area contributed by atoms with Gasteiger partial charge >= 0.3 is 0 Å². The maximum Gasteiger partial charge on any atom is 0.225 e. The number of amides is 1. The molecule has 0 bridgehead atoms. The van der Waals surface area contributed by atoms with Gasteiger partial charge in [-0.15, -0.1) is 0 Å². The molecule has 2 fully saturated rings. The van der Waals surface area contributed by atoms with Gasteiger partial charge in [0, 0.05) is 25.2 Å². The number of nitrogens with zero attached hydrogens (tertiary/aromatic N) is 2. The van der Waals surface area contributed by atoms with E-state index >= 15 is 0 Å². The molecule has 1 aliphatic carbocycles. The highest BCUT2D eigenvalue weighted by molar-refractivity contribution is 5.79. The summed E-state index contributed by atoms with van der Waals surface area (Å²) in [6.07, 6.45) is 2.44. The standard InChI is InChI=1S/C11H20N2O2/c1-8(12(2)9-3-4-9)6-13-7-10(14)5-11(13)15/h8-10,14H,3-7H2,1-2H3. The minimum Gasteiger partial charge on any atom is -0.391 e. The largest absolute Gasteiger partial charge is 0.391 e. The molecule has 0 aromatic carbocycles. The predicted octanol–water partition coefficient (Wildman–Crippen LogP) is 0.0623. The number of β-amino-alcohol motifs (C(OH)–C–C–N with tert-alkyl or cyclic N) is 1. The molecule has 2 rings (SSSR count). The van der Waals surface area contributed by atoms with Crippen molar-refractivity contribution in [3.8, 4) is 0 Å². The third-order valence-corrected chi connectivity index (χ3v) is 3.50. The van der Waals surface area contributed by atoms with Crippen molar-refractivity contribution < 1.29 is 9.90 Å². The van der Waals surface area contributed by atoms with E-state index in [1.54, 1.807) is 4.90 Å². The van der Waals surface area contributed by atoms with E-state index in [4.69, 9.17) is 0 Å². The zero-order valence-corrected chi connectivity index (χ0v) is 9.52. The van der Waals surface area contributed by atoms with Crippen LogP contribution in [0.5, 0.6) is 0 Å². The Bertz CT molecular complexity index is 253. The molecule has 1 saturated carbocycles. The molecule has 4 heteroatoms. The van der Waals surface area contributed by atoms with Crippen LogP contribution < -0.4 is 0 Å². The molecule has 0 spiro atoms. The lowest BCUT2D eigenvalue weighted by Gasteiger charge is -2.28. The fourth-order valence-electron chi connectivity index (χ4n) is 2.22. The second-order valence-corrected chi connectivity index (χ2v) is 4.90. The molecule has 2 atom stereocenters. The summed E-state index contributed by atoms with van der Waals surface area (Å²) in [5.74, 6) is 0.0959. The van der Waals surface area contributed by atoms with Gasteiger partial charge in [0.1, 0.15) is 0 Å². The van der Waals surface area contributed by atoms with Gasteiger partial charge < -0.3 is 10.0 Å². The number of hydrogen-bond acceptors (Lipinski definition) is 3. The van der Waals surface area contributed by atoms with Gasteiger partial charge in [-0.25, -0.2) is 0 Å². The third kappa shape index (κ3) is 2.49. The van der Waals surface area contributed by atoms with Crippen molar-refractivity contribution in [1.29, 1.82) is 0 Å². The highest BCUT2D eigenvalue weighted by Gasteiger charge is 2.33. The van der Waals surface area contributed by atoms with Crippen molar-refractivity contribution >= 4 is 5.91 Å². The van der Waals surface area contributed by atoms with E-state index in [2.05, 4.69) is 18.9 Å². The lowest BCUT2D eigenvalue weighted by atomic mass is 10.2. The van der Waals surface area contributed by atoms with Crippen LogP contribution in [0.2, 0.25) is 0 Å². The zero-order chi connectivity index (χ0) is 11.0. The molecule has 1 aliphatic heterocycles. The number of rotatable bonds is 4. The fourth-order valence-corrected chi connectivity index (χ4v) is 2.22. The Hall–Kier alpha value is -0.610. The van der Waals surface area contributed by atoms with E-state index in [1.165, 1.54) is 12.8 Å². The molecule has 86 valence electrons. The van der Waals surface area contributed by atoms with Crippen LogP contribution >= 0.6 is 0 Å². The Morgan fingerprint density at radius 1 is 1.60 bits per heavy atom. The van der Waals surface area contributed by atoms with E-state index in [0.29, 0.717) is 19.0 Å². The monoisotopic (exact) mass is 212 g/mol. The molecular weight excluding hydrogens is 192 g/mol. The van der Waals surface area contributed by atoms with Crippen molar-refractivity contribution in [1.82, 2.24) is 9.80 Å². The van der Waals surface area contributed by atoms with Gasteiger partial charge in [-0.3, -0.25) is 9.69 Å². The molecule has 1 amide bonds. The van der Waals surface area contributed by atoms with Crippen LogP contribution in [0.15, 0.2) is 0 Å². The van der Waals surface area contributed by atoms with Gasteiger partial charge in [-0.05, 0) is 26.8 Å². The van der Waals surface area contributed by atoms with Gasteiger partial charge in [-0.2, -0.15) is 0 Å². The first-order valence-electron chi connectivity index (χ1n) is 5.75. The van der Waals surface area contributed by atoms with Crippen molar-refractivity contribution in [3.63, 3.8) is 0 Å². The molecule has 2 unspecified atom stereocenters. The van der Waals surface area contributed by atoms with E-state index in [0.717, 1.165) is 12.6 Å². The first-order chi connectivity index (χ1) is 7.08. The highest BCUT2D eigenvalue weighted by Crippen LogP contribution is 2.27. The molecule has 4 nitrogen and oxygen atoms in total. The number of likely N-dealkylation sites (N-methyl/N-ethyl adjacent to an activating group) is 1. The molecule has 2 aliphatic rings. The Morgan fingerprint density at radius 3 is 2.73 bits per heavy atom. The normalized spacial score (nSPS) is 28.9. The first kappa shape index (κ1) is 10.9. The van der Waals surface area contributed by atoms with Crippen LogP contribution in [-0.2, 0) is 4.79 Å². The minimum atomic E-state index is -0.448. The van der Waals surface area contributed by atoms with Crippen LogP contribution in [0.4, 0.5) is 0 Å². The maximum atomic E-state index is 11.5. The molecule has 1 N–H and O–H groups in total. The van der Waals surface area contributed by atoms with Crippen LogP contribution in [0, 0.1) is 0 Å². The Kier molecular flexibility index (Phi) is 2.98. The molecular formula is C11H20N2O2. The SMILES string of the molecule is CC(CN1CC(O)CC1=O)N(C)C1CC1. The lowest BCUT2D eigenvalue weighted by molar-refractivity contribution is -0.128. The van der Waals surface area contributed by atoms with E-state index in [9.17, 15) is 9.90 Å². The number of aliphatic hydroxyl groups is 1. The molecule has 0 radical (unpaired) electrons. The summed E-state index contributed by atoms with van der Waals surface area (Å²) >= 11 is 0. The quantitative estimate of drug-likeness (QED) is 0.717. The third-order valence-electron chi connectivity index (χ3n) is 3.50. The second-order valence-electron chi connectivity index (χ2n) is 4.90. The van der Waals surface area contributed by atoms with E-state index < -0.39 is 6.10 Å². The predicted molar refractivity (Wildman–Crippen MR) is 57.5 cm³/mol. The summed E-state index contributed by atoms with van der Waals surface area (Å²) in [5, 5.41) is 9.37. The topological polar surface area (TPSA) is 43.8 Å².